The summed E-state index contributed by atoms with van der Waals surface area (Å²) in [6.45, 7) is 0. The second-order valence-electron chi connectivity index (χ2n) is 3.98. The van der Waals surface area contributed by atoms with E-state index in [4.69, 9.17) is 9.84 Å². The molecule has 0 bridgehead atoms. The molecule has 5 heteroatoms. The Morgan fingerprint density at radius 2 is 2.06 bits per heavy atom. The molecule has 18 heavy (non-hydrogen) atoms. The predicted octanol–water partition coefficient (Wildman–Crippen LogP) is 1.31. The molecule has 0 saturated heterocycles. The average Bonchev–Trinajstić information content (AvgIpc) is 2.36. The summed E-state index contributed by atoms with van der Waals surface area (Å²) >= 11 is 0. The Kier molecular flexibility index (Phi) is 3.16. The Balaban J connectivity index is 2.76. The number of nitrogens with zero attached hydrogens (tertiary/aromatic N) is 1. The molecule has 1 aromatic heterocycles. The van der Waals surface area contributed by atoms with E-state index in [1.165, 1.54) is 11.7 Å². The van der Waals surface area contributed by atoms with E-state index in [2.05, 4.69) is 0 Å². The number of aryl methyl sites for hydroxylation is 1. The number of carboxylic acid groups (broad SMARTS) is 1. The highest BCUT2D eigenvalue weighted by Gasteiger charge is 2.23. The number of fused-ring (bicyclic) bond motifs is 1. The van der Waals surface area contributed by atoms with E-state index in [1.54, 1.807) is 13.1 Å². The smallest absolute Gasteiger partial charge is 0.337 e. The molecule has 2 rings (SSSR count). The fraction of sp³-hybridized carbons (Fsp3) is 0.231. The lowest BCUT2D eigenvalue weighted by Crippen LogP contribution is -2.27. The number of methoxy groups -OCH3 is 1. The Hall–Kier alpha value is -2.14. The van der Waals surface area contributed by atoms with Crippen LogP contribution in [0.5, 0.6) is 0 Å². The normalized spacial score (nSPS) is 12.6. The molecule has 1 heterocycles. The van der Waals surface area contributed by atoms with Crippen molar-refractivity contribution in [2.75, 3.05) is 7.11 Å². The van der Waals surface area contributed by atoms with Gasteiger partial charge in [-0.25, -0.2) is 4.79 Å². The molecule has 2 aromatic rings. The zero-order chi connectivity index (χ0) is 13.3. The number of hydrogen-bond donors (Lipinski definition) is 1. The molecular weight excluding hydrogens is 234 g/mol. The summed E-state index contributed by atoms with van der Waals surface area (Å²) in [7, 11) is 2.89. The molecule has 0 unspecified atom stereocenters. The van der Waals surface area contributed by atoms with Gasteiger partial charge in [-0.2, -0.15) is 0 Å². The lowest BCUT2D eigenvalue weighted by molar-refractivity contribution is -0.149. The monoisotopic (exact) mass is 247 g/mol. The van der Waals surface area contributed by atoms with Crippen molar-refractivity contribution in [3.63, 3.8) is 0 Å². The number of aromatic nitrogens is 1. The average molecular weight is 247 g/mol. The van der Waals surface area contributed by atoms with Crippen molar-refractivity contribution in [2.45, 2.75) is 6.10 Å². The zero-order valence-electron chi connectivity index (χ0n) is 10.1. The molecule has 0 aliphatic heterocycles. The van der Waals surface area contributed by atoms with Gasteiger partial charge in [0.05, 0.1) is 11.1 Å². The number of pyridine rings is 1. The molecule has 5 nitrogen and oxygen atoms in total. The van der Waals surface area contributed by atoms with Gasteiger partial charge < -0.3 is 14.4 Å². The number of rotatable bonds is 3. The van der Waals surface area contributed by atoms with Crippen LogP contribution in [0.3, 0.4) is 0 Å². The third-order valence-electron chi connectivity index (χ3n) is 2.90. The SMILES string of the molecule is CO[C@@H](C(=O)O)c1cc2ccccc2n(C)c1=O. The van der Waals surface area contributed by atoms with Gasteiger partial charge in [-0.1, -0.05) is 18.2 Å². The summed E-state index contributed by atoms with van der Waals surface area (Å²) in [6, 6.07) is 8.86. The van der Waals surface area contributed by atoms with E-state index in [-0.39, 0.29) is 11.1 Å². The Morgan fingerprint density at radius 3 is 2.67 bits per heavy atom. The predicted molar refractivity (Wildman–Crippen MR) is 66.6 cm³/mol. The van der Waals surface area contributed by atoms with E-state index < -0.39 is 12.1 Å². The fourth-order valence-corrected chi connectivity index (χ4v) is 2.00. The lowest BCUT2D eigenvalue weighted by Gasteiger charge is -2.13. The van der Waals surface area contributed by atoms with Crippen molar-refractivity contribution in [2.24, 2.45) is 7.05 Å². The maximum Gasteiger partial charge on any atom is 0.337 e. The Labute approximate surface area is 103 Å². The van der Waals surface area contributed by atoms with Gasteiger partial charge in [-0.05, 0) is 17.5 Å². The largest absolute Gasteiger partial charge is 0.479 e. The molecule has 0 fully saturated rings. The topological polar surface area (TPSA) is 68.5 Å². The van der Waals surface area contributed by atoms with Crippen molar-refractivity contribution in [3.8, 4) is 0 Å². The minimum atomic E-state index is -1.24. The van der Waals surface area contributed by atoms with Crippen LogP contribution in [-0.4, -0.2) is 22.8 Å². The zero-order valence-corrected chi connectivity index (χ0v) is 10.1. The van der Waals surface area contributed by atoms with Crippen LogP contribution < -0.4 is 5.56 Å². The van der Waals surface area contributed by atoms with Crippen LogP contribution in [0.25, 0.3) is 10.9 Å². The summed E-state index contributed by atoms with van der Waals surface area (Å²) in [5, 5.41) is 9.84. The quantitative estimate of drug-likeness (QED) is 0.887. The van der Waals surface area contributed by atoms with Crippen molar-refractivity contribution < 1.29 is 14.6 Å². The second kappa shape index (κ2) is 4.62. The molecule has 1 N–H and O–H groups in total. The Morgan fingerprint density at radius 1 is 1.39 bits per heavy atom. The molecule has 0 amide bonds. The number of para-hydroxylation sites is 1. The van der Waals surface area contributed by atoms with Crippen molar-refractivity contribution in [1.82, 2.24) is 4.57 Å². The Bertz CT molecular complexity index is 660. The van der Waals surface area contributed by atoms with Gasteiger partial charge >= 0.3 is 5.97 Å². The van der Waals surface area contributed by atoms with Crippen molar-refractivity contribution in [1.29, 1.82) is 0 Å². The van der Waals surface area contributed by atoms with Crippen LogP contribution in [-0.2, 0) is 16.6 Å². The van der Waals surface area contributed by atoms with E-state index >= 15 is 0 Å². The van der Waals surface area contributed by atoms with E-state index in [0.717, 1.165) is 10.9 Å². The molecule has 0 aliphatic rings. The summed E-state index contributed by atoms with van der Waals surface area (Å²) in [6.07, 6.45) is -1.24. The number of hydrogen-bond acceptors (Lipinski definition) is 3. The third-order valence-corrected chi connectivity index (χ3v) is 2.90. The first kappa shape index (κ1) is 12.3. The fourth-order valence-electron chi connectivity index (χ4n) is 2.00. The summed E-state index contributed by atoms with van der Waals surface area (Å²) in [4.78, 5) is 23.2. The molecule has 1 aromatic carbocycles. The molecular formula is C13H13NO4. The maximum atomic E-state index is 12.1. The summed E-state index contributed by atoms with van der Waals surface area (Å²) in [5.41, 5.74) is 0.528. The minimum Gasteiger partial charge on any atom is -0.479 e. The number of benzene rings is 1. The summed E-state index contributed by atoms with van der Waals surface area (Å²) in [5.74, 6) is -1.18. The third kappa shape index (κ3) is 1.89. The first-order valence-corrected chi connectivity index (χ1v) is 5.40. The number of carbonyl (C=O) groups is 1. The summed E-state index contributed by atoms with van der Waals surface area (Å²) < 4.78 is 6.30. The van der Waals surface area contributed by atoms with Gasteiger partial charge in [0.15, 0.2) is 6.10 Å². The van der Waals surface area contributed by atoms with E-state index in [9.17, 15) is 9.59 Å². The highest BCUT2D eigenvalue weighted by molar-refractivity contribution is 5.82. The van der Waals surface area contributed by atoms with E-state index in [1.807, 2.05) is 24.3 Å². The van der Waals surface area contributed by atoms with Crippen molar-refractivity contribution >= 4 is 16.9 Å². The number of ether oxygens (including phenoxy) is 1. The van der Waals surface area contributed by atoms with Crippen LogP contribution in [0.4, 0.5) is 0 Å². The van der Waals surface area contributed by atoms with Crippen LogP contribution in [0, 0.1) is 0 Å². The van der Waals surface area contributed by atoms with E-state index in [0.29, 0.717) is 0 Å². The standard InChI is InChI=1S/C13H13NO4/c1-14-10-6-4-3-5-8(10)7-9(12(14)15)11(18-2)13(16)17/h3-7,11H,1-2H3,(H,16,17)/t11-/m1/s1. The van der Waals surface area contributed by atoms with Gasteiger partial charge in [-0.3, -0.25) is 4.79 Å². The molecule has 1 atom stereocenters. The van der Waals surface area contributed by atoms with Crippen molar-refractivity contribution in [3.05, 3.63) is 46.2 Å². The highest BCUT2D eigenvalue weighted by atomic mass is 16.5. The van der Waals surface area contributed by atoms with Gasteiger partial charge in [0.25, 0.3) is 5.56 Å². The number of carboxylic acids is 1. The molecule has 0 aliphatic carbocycles. The van der Waals surface area contributed by atoms with Crippen LogP contribution in [0.2, 0.25) is 0 Å². The highest BCUT2D eigenvalue weighted by Crippen LogP contribution is 2.18. The maximum absolute atomic E-state index is 12.1. The van der Waals surface area contributed by atoms with Crippen LogP contribution in [0.1, 0.15) is 11.7 Å². The first-order chi connectivity index (χ1) is 8.56. The first-order valence-electron chi connectivity index (χ1n) is 5.40. The van der Waals surface area contributed by atoms with Gasteiger partial charge in [0.1, 0.15) is 0 Å². The molecule has 0 spiro atoms. The van der Waals surface area contributed by atoms with Gasteiger partial charge in [0, 0.05) is 14.2 Å². The minimum absolute atomic E-state index is 0.131. The lowest BCUT2D eigenvalue weighted by atomic mass is 10.1. The van der Waals surface area contributed by atoms with Crippen LogP contribution in [0.15, 0.2) is 35.1 Å². The van der Waals surface area contributed by atoms with Crippen LogP contribution >= 0.6 is 0 Å². The number of aliphatic carboxylic acids is 1. The molecule has 0 radical (unpaired) electrons. The molecule has 94 valence electrons. The second-order valence-corrected chi connectivity index (χ2v) is 3.98. The molecule has 0 saturated carbocycles. The van der Waals surface area contributed by atoms with Gasteiger partial charge in [-0.15, -0.1) is 0 Å². The van der Waals surface area contributed by atoms with Gasteiger partial charge in [0.2, 0.25) is 0 Å².